The first kappa shape index (κ1) is 13.4. The average Bonchev–Trinajstić information content (AvgIpc) is 3.16. The SMILES string of the molecule is Cc1cc(Cl)ccc1NC(=O)C1CC(=O)N(C2CC2)C1. The zero-order chi connectivity index (χ0) is 14.3. The highest BCUT2D eigenvalue weighted by molar-refractivity contribution is 6.30. The molecule has 4 nitrogen and oxygen atoms in total. The third-order valence-corrected chi connectivity index (χ3v) is 4.20. The van der Waals surface area contributed by atoms with Gasteiger partial charge >= 0.3 is 0 Å². The van der Waals surface area contributed by atoms with Crippen LogP contribution in [0.5, 0.6) is 0 Å². The molecule has 2 aliphatic rings. The molecule has 2 fully saturated rings. The molecule has 0 radical (unpaired) electrons. The van der Waals surface area contributed by atoms with Gasteiger partial charge in [-0.25, -0.2) is 0 Å². The van der Waals surface area contributed by atoms with Crippen molar-refractivity contribution in [2.75, 3.05) is 11.9 Å². The summed E-state index contributed by atoms with van der Waals surface area (Å²) < 4.78 is 0. The van der Waals surface area contributed by atoms with Crippen molar-refractivity contribution >= 4 is 29.1 Å². The first-order valence-electron chi connectivity index (χ1n) is 6.91. The van der Waals surface area contributed by atoms with E-state index in [0.29, 0.717) is 24.0 Å². The molecule has 2 amide bonds. The molecular weight excluding hydrogens is 276 g/mol. The summed E-state index contributed by atoms with van der Waals surface area (Å²) in [5.41, 5.74) is 1.69. The standard InChI is InChI=1S/C15H17ClN2O2/c1-9-6-11(16)2-5-13(9)17-15(20)10-7-14(19)18(8-10)12-3-4-12/h2,5-6,10,12H,3-4,7-8H2,1H3,(H,17,20). The molecule has 1 unspecified atom stereocenters. The largest absolute Gasteiger partial charge is 0.339 e. The fourth-order valence-corrected chi connectivity index (χ4v) is 2.88. The van der Waals surface area contributed by atoms with Gasteiger partial charge in [0.1, 0.15) is 0 Å². The maximum Gasteiger partial charge on any atom is 0.229 e. The second-order valence-electron chi connectivity index (χ2n) is 5.63. The quantitative estimate of drug-likeness (QED) is 0.931. The molecular formula is C15H17ClN2O2. The Labute approximate surface area is 123 Å². The molecule has 1 atom stereocenters. The molecule has 1 aliphatic carbocycles. The number of hydrogen-bond donors (Lipinski definition) is 1. The van der Waals surface area contributed by atoms with Gasteiger partial charge in [0.2, 0.25) is 11.8 Å². The molecule has 1 saturated carbocycles. The number of halogens is 1. The fourth-order valence-electron chi connectivity index (χ4n) is 2.65. The lowest BCUT2D eigenvalue weighted by Crippen LogP contribution is -2.30. The number of hydrogen-bond acceptors (Lipinski definition) is 2. The highest BCUT2D eigenvalue weighted by Gasteiger charge is 2.41. The first-order chi connectivity index (χ1) is 9.54. The molecule has 106 valence electrons. The molecule has 0 spiro atoms. The number of nitrogens with one attached hydrogen (secondary N) is 1. The van der Waals surface area contributed by atoms with E-state index < -0.39 is 0 Å². The average molecular weight is 293 g/mol. The van der Waals surface area contributed by atoms with Crippen LogP contribution in [-0.2, 0) is 9.59 Å². The van der Waals surface area contributed by atoms with Crippen molar-refractivity contribution in [2.45, 2.75) is 32.2 Å². The Morgan fingerprint density at radius 2 is 2.15 bits per heavy atom. The van der Waals surface area contributed by atoms with Crippen molar-refractivity contribution < 1.29 is 9.59 Å². The summed E-state index contributed by atoms with van der Waals surface area (Å²) in [5, 5.41) is 3.55. The van der Waals surface area contributed by atoms with Gasteiger partial charge in [-0.05, 0) is 43.5 Å². The van der Waals surface area contributed by atoms with Crippen LogP contribution in [0, 0.1) is 12.8 Å². The number of rotatable bonds is 3. The molecule has 1 N–H and O–H groups in total. The number of anilines is 1. The van der Waals surface area contributed by atoms with E-state index in [0.717, 1.165) is 24.1 Å². The Kier molecular flexibility index (Phi) is 3.42. The smallest absolute Gasteiger partial charge is 0.229 e. The number of nitrogens with zero attached hydrogens (tertiary/aromatic N) is 1. The van der Waals surface area contributed by atoms with E-state index in [1.54, 1.807) is 12.1 Å². The topological polar surface area (TPSA) is 49.4 Å². The summed E-state index contributed by atoms with van der Waals surface area (Å²) in [4.78, 5) is 26.0. The molecule has 1 saturated heterocycles. The highest BCUT2D eigenvalue weighted by atomic mass is 35.5. The first-order valence-corrected chi connectivity index (χ1v) is 7.29. The van der Waals surface area contributed by atoms with Gasteiger partial charge in [0.15, 0.2) is 0 Å². The molecule has 3 rings (SSSR count). The van der Waals surface area contributed by atoms with Crippen LogP contribution in [0.25, 0.3) is 0 Å². The minimum Gasteiger partial charge on any atom is -0.339 e. The van der Waals surface area contributed by atoms with Crippen LogP contribution in [0.1, 0.15) is 24.8 Å². The minimum atomic E-state index is -0.238. The lowest BCUT2D eigenvalue weighted by atomic mass is 10.1. The van der Waals surface area contributed by atoms with Crippen LogP contribution in [-0.4, -0.2) is 29.3 Å². The van der Waals surface area contributed by atoms with E-state index in [9.17, 15) is 9.59 Å². The third-order valence-electron chi connectivity index (χ3n) is 3.96. The van der Waals surface area contributed by atoms with Crippen molar-refractivity contribution in [1.82, 2.24) is 4.90 Å². The Morgan fingerprint density at radius 3 is 2.80 bits per heavy atom. The maximum atomic E-state index is 12.3. The Morgan fingerprint density at radius 1 is 1.40 bits per heavy atom. The molecule has 1 aliphatic heterocycles. The number of benzene rings is 1. The van der Waals surface area contributed by atoms with Crippen LogP contribution in [0.4, 0.5) is 5.69 Å². The molecule has 0 aromatic heterocycles. The summed E-state index contributed by atoms with van der Waals surface area (Å²) >= 11 is 5.90. The van der Waals surface area contributed by atoms with Gasteiger partial charge in [0, 0.05) is 29.7 Å². The van der Waals surface area contributed by atoms with Crippen LogP contribution in [0.2, 0.25) is 5.02 Å². The predicted molar refractivity (Wildman–Crippen MR) is 77.7 cm³/mol. The van der Waals surface area contributed by atoms with Crippen LogP contribution >= 0.6 is 11.6 Å². The molecule has 0 bridgehead atoms. The molecule has 20 heavy (non-hydrogen) atoms. The molecule has 1 aromatic carbocycles. The van der Waals surface area contributed by atoms with E-state index in [4.69, 9.17) is 11.6 Å². The number of aryl methyl sites for hydroxylation is 1. The number of carbonyl (C=O) groups is 2. The predicted octanol–water partition coefficient (Wildman–Crippen LogP) is 2.60. The summed E-state index contributed by atoms with van der Waals surface area (Å²) in [6.45, 7) is 2.46. The fraction of sp³-hybridized carbons (Fsp3) is 0.467. The van der Waals surface area contributed by atoms with Gasteiger partial charge < -0.3 is 10.2 Å². The third kappa shape index (κ3) is 2.66. The van der Waals surface area contributed by atoms with Crippen molar-refractivity contribution in [3.8, 4) is 0 Å². The number of likely N-dealkylation sites (tertiary alicyclic amines) is 1. The monoisotopic (exact) mass is 292 g/mol. The molecule has 1 heterocycles. The van der Waals surface area contributed by atoms with Gasteiger partial charge in [0.25, 0.3) is 0 Å². The van der Waals surface area contributed by atoms with Crippen molar-refractivity contribution in [3.05, 3.63) is 28.8 Å². The van der Waals surface area contributed by atoms with E-state index in [-0.39, 0.29) is 17.7 Å². The Hall–Kier alpha value is -1.55. The van der Waals surface area contributed by atoms with Crippen molar-refractivity contribution in [3.63, 3.8) is 0 Å². The van der Waals surface area contributed by atoms with Crippen LogP contribution < -0.4 is 5.32 Å². The summed E-state index contributed by atoms with van der Waals surface area (Å²) in [6.07, 6.45) is 2.49. The Balaban J connectivity index is 1.66. The molecule has 5 heteroatoms. The summed E-state index contributed by atoms with van der Waals surface area (Å²) in [7, 11) is 0. The van der Waals surface area contributed by atoms with Crippen molar-refractivity contribution in [2.24, 2.45) is 5.92 Å². The second-order valence-corrected chi connectivity index (χ2v) is 6.06. The van der Waals surface area contributed by atoms with Gasteiger partial charge in [-0.1, -0.05) is 11.6 Å². The van der Waals surface area contributed by atoms with Crippen LogP contribution in [0.15, 0.2) is 18.2 Å². The van der Waals surface area contributed by atoms with E-state index in [2.05, 4.69) is 5.32 Å². The van der Waals surface area contributed by atoms with Gasteiger partial charge in [-0.2, -0.15) is 0 Å². The summed E-state index contributed by atoms with van der Waals surface area (Å²) in [6, 6.07) is 5.75. The zero-order valence-corrected chi connectivity index (χ0v) is 12.1. The molecule has 1 aromatic rings. The second kappa shape index (κ2) is 5.09. The zero-order valence-electron chi connectivity index (χ0n) is 11.4. The number of carbonyl (C=O) groups excluding carboxylic acids is 2. The minimum absolute atomic E-state index is 0.0769. The number of amides is 2. The van der Waals surface area contributed by atoms with Gasteiger partial charge in [0.05, 0.1) is 5.92 Å². The maximum absolute atomic E-state index is 12.3. The lowest BCUT2D eigenvalue weighted by Gasteiger charge is -2.16. The normalized spacial score (nSPS) is 22.2. The summed E-state index contributed by atoms with van der Waals surface area (Å²) in [5.74, 6) is -0.203. The van der Waals surface area contributed by atoms with E-state index in [1.165, 1.54) is 0 Å². The van der Waals surface area contributed by atoms with Gasteiger partial charge in [-0.3, -0.25) is 9.59 Å². The van der Waals surface area contributed by atoms with E-state index in [1.807, 2.05) is 17.9 Å². The van der Waals surface area contributed by atoms with Gasteiger partial charge in [-0.15, -0.1) is 0 Å². The highest BCUT2D eigenvalue weighted by Crippen LogP contribution is 2.33. The van der Waals surface area contributed by atoms with E-state index >= 15 is 0 Å². The van der Waals surface area contributed by atoms with Crippen molar-refractivity contribution in [1.29, 1.82) is 0 Å². The Bertz CT molecular complexity index is 569. The van der Waals surface area contributed by atoms with Crippen LogP contribution in [0.3, 0.4) is 0 Å². The lowest BCUT2D eigenvalue weighted by molar-refractivity contribution is -0.128.